The van der Waals surface area contributed by atoms with Crippen molar-refractivity contribution in [3.63, 3.8) is 0 Å². The number of aliphatic carboxylic acids is 1. The van der Waals surface area contributed by atoms with Crippen LogP contribution in [0.15, 0.2) is 24.3 Å². The van der Waals surface area contributed by atoms with Gasteiger partial charge in [-0.05, 0) is 48.6 Å². The first-order valence-electron chi connectivity index (χ1n) is 6.60. The number of carbonyl (C=O) groups is 2. The van der Waals surface area contributed by atoms with E-state index in [2.05, 4.69) is 5.32 Å². The molecule has 4 nitrogen and oxygen atoms in total. The lowest BCUT2D eigenvalue weighted by Crippen LogP contribution is -2.37. The molecule has 0 saturated heterocycles. The minimum atomic E-state index is -0.905. The zero-order valence-electron chi connectivity index (χ0n) is 11.2. The van der Waals surface area contributed by atoms with Gasteiger partial charge in [0.1, 0.15) is 0 Å². The van der Waals surface area contributed by atoms with Crippen molar-refractivity contribution in [2.24, 2.45) is 5.92 Å². The van der Waals surface area contributed by atoms with E-state index in [1.165, 1.54) is 6.08 Å². The Morgan fingerprint density at radius 3 is 2.43 bits per heavy atom. The molecule has 1 unspecified atom stereocenters. The minimum absolute atomic E-state index is 0.0484. The van der Waals surface area contributed by atoms with E-state index in [1.54, 1.807) is 24.3 Å². The largest absolute Gasteiger partial charge is 0.481 e. The van der Waals surface area contributed by atoms with E-state index in [9.17, 15) is 9.59 Å². The molecule has 2 rings (SSSR count). The van der Waals surface area contributed by atoms with Crippen LogP contribution in [0.5, 0.6) is 0 Å². The molecule has 0 aliphatic heterocycles. The summed E-state index contributed by atoms with van der Waals surface area (Å²) in [5.41, 5.74) is 0.712. The second kappa shape index (κ2) is 6.96. The normalized spacial score (nSPS) is 15.9. The quantitative estimate of drug-likeness (QED) is 0.787. The standard InChI is InChI=1S/C15H15Cl2NO3/c16-11-5-9(6-12(17)7-11)1-4-14(19)18-13(8-15(20)21)10-2-3-10/h1,4-7,10,13H,2-3,8H2,(H,18,19)(H,20,21)/b4-1+. The molecule has 1 aliphatic carbocycles. The topological polar surface area (TPSA) is 66.4 Å². The van der Waals surface area contributed by atoms with Gasteiger partial charge in [0.05, 0.1) is 6.42 Å². The van der Waals surface area contributed by atoms with Gasteiger partial charge in [0.25, 0.3) is 0 Å². The molecule has 0 heterocycles. The third kappa shape index (κ3) is 5.40. The fraction of sp³-hybridized carbons (Fsp3) is 0.333. The maximum atomic E-state index is 11.9. The third-order valence-electron chi connectivity index (χ3n) is 3.23. The summed E-state index contributed by atoms with van der Waals surface area (Å²) in [7, 11) is 0. The van der Waals surface area contributed by atoms with Gasteiger partial charge in [-0.2, -0.15) is 0 Å². The average molecular weight is 328 g/mol. The molecule has 6 heteroatoms. The molecule has 0 bridgehead atoms. The van der Waals surface area contributed by atoms with Crippen molar-refractivity contribution in [3.8, 4) is 0 Å². The summed E-state index contributed by atoms with van der Waals surface area (Å²) >= 11 is 11.7. The molecule has 0 radical (unpaired) electrons. The summed E-state index contributed by atoms with van der Waals surface area (Å²) in [6.07, 6.45) is 4.84. The smallest absolute Gasteiger partial charge is 0.305 e. The van der Waals surface area contributed by atoms with E-state index in [1.807, 2.05) is 0 Å². The van der Waals surface area contributed by atoms with E-state index in [4.69, 9.17) is 28.3 Å². The summed E-state index contributed by atoms with van der Waals surface area (Å²) < 4.78 is 0. The van der Waals surface area contributed by atoms with Gasteiger partial charge in [-0.15, -0.1) is 0 Å². The van der Waals surface area contributed by atoms with Gasteiger partial charge in [0.2, 0.25) is 5.91 Å². The lowest BCUT2D eigenvalue weighted by molar-refractivity contribution is -0.137. The Kier molecular flexibility index (Phi) is 5.26. The van der Waals surface area contributed by atoms with Crippen LogP contribution in [-0.4, -0.2) is 23.0 Å². The minimum Gasteiger partial charge on any atom is -0.481 e. The highest BCUT2D eigenvalue weighted by molar-refractivity contribution is 6.34. The van der Waals surface area contributed by atoms with Crippen molar-refractivity contribution < 1.29 is 14.7 Å². The van der Waals surface area contributed by atoms with E-state index in [-0.39, 0.29) is 24.3 Å². The van der Waals surface area contributed by atoms with Crippen LogP contribution in [0, 0.1) is 5.92 Å². The molecule has 0 spiro atoms. The number of rotatable bonds is 6. The van der Waals surface area contributed by atoms with Gasteiger partial charge in [0, 0.05) is 22.2 Å². The predicted molar refractivity (Wildman–Crippen MR) is 82.4 cm³/mol. The predicted octanol–water partition coefficient (Wildman–Crippen LogP) is 3.38. The lowest BCUT2D eigenvalue weighted by atomic mass is 10.1. The summed E-state index contributed by atoms with van der Waals surface area (Å²) in [6.45, 7) is 0. The monoisotopic (exact) mass is 327 g/mol. The Hall–Kier alpha value is -1.52. The van der Waals surface area contributed by atoms with Crippen molar-refractivity contribution in [2.45, 2.75) is 25.3 Å². The van der Waals surface area contributed by atoms with E-state index in [0.29, 0.717) is 15.6 Å². The fourth-order valence-corrected chi connectivity index (χ4v) is 2.64. The number of hydrogen-bond acceptors (Lipinski definition) is 2. The summed E-state index contributed by atoms with van der Waals surface area (Å²) in [4.78, 5) is 22.6. The molecular weight excluding hydrogens is 313 g/mol. The second-order valence-electron chi connectivity index (χ2n) is 5.09. The molecule has 2 N–H and O–H groups in total. The van der Waals surface area contributed by atoms with Crippen LogP contribution in [0.2, 0.25) is 10.0 Å². The maximum absolute atomic E-state index is 11.9. The highest BCUT2D eigenvalue weighted by Gasteiger charge is 2.33. The van der Waals surface area contributed by atoms with Gasteiger partial charge < -0.3 is 10.4 Å². The number of carboxylic acids is 1. The van der Waals surface area contributed by atoms with Crippen LogP contribution in [-0.2, 0) is 9.59 Å². The number of carboxylic acid groups (broad SMARTS) is 1. The highest BCUT2D eigenvalue weighted by Crippen LogP contribution is 2.34. The van der Waals surface area contributed by atoms with Crippen LogP contribution < -0.4 is 5.32 Å². The number of carbonyl (C=O) groups excluding carboxylic acids is 1. The molecule has 1 fully saturated rings. The first-order chi connectivity index (χ1) is 9.94. The van der Waals surface area contributed by atoms with Crippen LogP contribution in [0.3, 0.4) is 0 Å². The Balaban J connectivity index is 1.96. The van der Waals surface area contributed by atoms with Crippen molar-refractivity contribution in [1.29, 1.82) is 0 Å². The Labute approximate surface area is 132 Å². The number of benzene rings is 1. The first kappa shape index (κ1) is 15.9. The summed E-state index contributed by atoms with van der Waals surface area (Å²) in [5.74, 6) is -0.943. The van der Waals surface area contributed by atoms with E-state index >= 15 is 0 Å². The van der Waals surface area contributed by atoms with Crippen molar-refractivity contribution in [2.75, 3.05) is 0 Å². The molecular formula is C15H15Cl2NO3. The van der Waals surface area contributed by atoms with Crippen LogP contribution in [0.4, 0.5) is 0 Å². The number of hydrogen-bond donors (Lipinski definition) is 2. The van der Waals surface area contributed by atoms with Gasteiger partial charge in [0.15, 0.2) is 0 Å². The van der Waals surface area contributed by atoms with Gasteiger partial charge in [-0.25, -0.2) is 0 Å². The lowest BCUT2D eigenvalue weighted by Gasteiger charge is -2.14. The summed E-state index contributed by atoms with van der Waals surface area (Å²) in [6, 6.07) is 4.68. The molecule has 1 aromatic carbocycles. The van der Waals surface area contributed by atoms with Gasteiger partial charge in [-0.3, -0.25) is 9.59 Å². The molecule has 0 aromatic heterocycles. The maximum Gasteiger partial charge on any atom is 0.305 e. The zero-order valence-corrected chi connectivity index (χ0v) is 12.7. The molecule has 21 heavy (non-hydrogen) atoms. The van der Waals surface area contributed by atoms with Crippen molar-refractivity contribution in [3.05, 3.63) is 39.9 Å². The Morgan fingerprint density at radius 2 is 1.90 bits per heavy atom. The van der Waals surface area contributed by atoms with Gasteiger partial charge >= 0.3 is 5.97 Å². The molecule has 1 saturated carbocycles. The molecule has 1 amide bonds. The first-order valence-corrected chi connectivity index (χ1v) is 7.36. The number of halogens is 2. The Bertz CT molecular complexity index is 562. The summed E-state index contributed by atoms with van der Waals surface area (Å²) in [5, 5.41) is 12.6. The molecule has 112 valence electrons. The highest BCUT2D eigenvalue weighted by atomic mass is 35.5. The van der Waals surface area contributed by atoms with Crippen LogP contribution >= 0.6 is 23.2 Å². The molecule has 1 atom stereocenters. The second-order valence-corrected chi connectivity index (χ2v) is 5.96. The van der Waals surface area contributed by atoms with Crippen LogP contribution in [0.1, 0.15) is 24.8 Å². The number of amides is 1. The van der Waals surface area contributed by atoms with E-state index in [0.717, 1.165) is 12.8 Å². The Morgan fingerprint density at radius 1 is 1.29 bits per heavy atom. The van der Waals surface area contributed by atoms with Gasteiger partial charge in [-0.1, -0.05) is 23.2 Å². The third-order valence-corrected chi connectivity index (χ3v) is 3.66. The zero-order chi connectivity index (χ0) is 15.4. The van der Waals surface area contributed by atoms with E-state index < -0.39 is 5.97 Å². The average Bonchev–Trinajstić information content (AvgIpc) is 3.18. The van der Waals surface area contributed by atoms with Crippen LogP contribution in [0.25, 0.3) is 6.08 Å². The van der Waals surface area contributed by atoms with Crippen molar-refractivity contribution >= 4 is 41.2 Å². The SMILES string of the molecule is O=C(O)CC(NC(=O)/C=C/c1cc(Cl)cc(Cl)c1)C1CC1. The molecule has 1 aliphatic rings. The molecule has 1 aromatic rings. The van der Waals surface area contributed by atoms with Crippen molar-refractivity contribution in [1.82, 2.24) is 5.32 Å². The number of nitrogens with one attached hydrogen (secondary N) is 1. The fourth-order valence-electron chi connectivity index (χ4n) is 2.10.